The maximum atomic E-state index is 12.4. The number of hydrogen-bond acceptors (Lipinski definition) is 1. The van der Waals surface area contributed by atoms with E-state index < -0.39 is 0 Å². The minimum Gasteiger partial charge on any atom is -0.333 e. The van der Waals surface area contributed by atoms with Crippen LogP contribution in [0.1, 0.15) is 31.2 Å². The van der Waals surface area contributed by atoms with Crippen LogP contribution < -0.4 is 0 Å². The summed E-state index contributed by atoms with van der Waals surface area (Å²) in [7, 11) is 0. The lowest BCUT2D eigenvalue weighted by atomic mass is 10.1. The molecule has 2 atom stereocenters. The molecule has 0 aliphatic carbocycles. The fourth-order valence-electron chi connectivity index (χ4n) is 3.19. The van der Waals surface area contributed by atoms with Crippen LogP contribution in [0.5, 0.6) is 0 Å². The van der Waals surface area contributed by atoms with Gasteiger partial charge in [-0.25, -0.2) is 0 Å². The lowest BCUT2D eigenvalue weighted by Crippen LogP contribution is -2.42. The molecule has 0 N–H and O–H groups in total. The van der Waals surface area contributed by atoms with Gasteiger partial charge in [-0.05, 0) is 43.4 Å². The zero-order chi connectivity index (χ0) is 13.2. The second-order valence-electron chi connectivity index (χ2n) is 5.39. The Bertz CT molecular complexity index is 511. The van der Waals surface area contributed by atoms with Crippen molar-refractivity contribution < 1.29 is 4.79 Å². The van der Waals surface area contributed by atoms with Crippen LogP contribution in [-0.2, 0) is 11.2 Å². The molecule has 0 unspecified atom stereocenters. The molecule has 1 amide bonds. The van der Waals surface area contributed by atoms with Crippen molar-refractivity contribution >= 4 is 17.5 Å². The van der Waals surface area contributed by atoms with Crippen LogP contribution in [0.3, 0.4) is 0 Å². The van der Waals surface area contributed by atoms with Crippen LogP contribution in [0.4, 0.5) is 0 Å². The Morgan fingerprint density at radius 1 is 1.37 bits per heavy atom. The van der Waals surface area contributed by atoms with E-state index in [9.17, 15) is 4.79 Å². The minimum absolute atomic E-state index is 0.289. The van der Waals surface area contributed by atoms with Gasteiger partial charge in [0, 0.05) is 17.5 Å². The highest BCUT2D eigenvalue weighted by Crippen LogP contribution is 2.32. The average molecular weight is 276 g/mol. The topological polar surface area (TPSA) is 20.3 Å². The number of hydrogen-bond donors (Lipinski definition) is 0. The highest BCUT2D eigenvalue weighted by atomic mass is 35.5. The second-order valence-corrected chi connectivity index (χ2v) is 5.83. The number of amides is 1. The van der Waals surface area contributed by atoms with Crippen molar-refractivity contribution in [3.05, 3.63) is 47.0 Å². The van der Waals surface area contributed by atoms with Gasteiger partial charge < -0.3 is 4.90 Å². The Kier molecular flexibility index (Phi) is 3.61. The van der Waals surface area contributed by atoms with Crippen molar-refractivity contribution in [2.75, 3.05) is 0 Å². The molecule has 3 heteroatoms. The molecule has 2 heterocycles. The first kappa shape index (κ1) is 12.7. The highest BCUT2D eigenvalue weighted by molar-refractivity contribution is 6.30. The zero-order valence-corrected chi connectivity index (χ0v) is 11.6. The van der Waals surface area contributed by atoms with Crippen LogP contribution >= 0.6 is 11.6 Å². The standard InChI is InChI=1S/C16H18ClNO/c17-13-4-1-3-12(11-13)7-10-16(19)18-14-5-2-6-15(18)9-8-14/h1-5,11,14-15H,6-10H2/t14-,15-/m0/s1. The summed E-state index contributed by atoms with van der Waals surface area (Å²) in [4.78, 5) is 14.5. The summed E-state index contributed by atoms with van der Waals surface area (Å²) in [5.41, 5.74) is 1.14. The van der Waals surface area contributed by atoms with E-state index in [0.29, 0.717) is 18.5 Å². The third-order valence-electron chi connectivity index (χ3n) is 4.12. The Balaban J connectivity index is 1.62. The predicted octanol–water partition coefficient (Wildman–Crippen LogP) is 3.59. The van der Waals surface area contributed by atoms with Crippen molar-refractivity contribution in [3.63, 3.8) is 0 Å². The number of benzene rings is 1. The number of carbonyl (C=O) groups is 1. The number of rotatable bonds is 3. The largest absolute Gasteiger partial charge is 0.333 e. The van der Waals surface area contributed by atoms with E-state index in [-0.39, 0.29) is 5.91 Å². The van der Waals surface area contributed by atoms with Crippen molar-refractivity contribution in [1.82, 2.24) is 4.90 Å². The maximum absolute atomic E-state index is 12.4. The van der Waals surface area contributed by atoms with E-state index in [1.807, 2.05) is 24.3 Å². The normalized spacial score (nSPS) is 24.8. The maximum Gasteiger partial charge on any atom is 0.223 e. The molecule has 0 saturated carbocycles. The summed E-state index contributed by atoms with van der Waals surface area (Å²) < 4.78 is 0. The summed E-state index contributed by atoms with van der Waals surface area (Å²) in [5.74, 6) is 0.289. The number of aryl methyl sites for hydroxylation is 1. The Hall–Kier alpha value is -1.28. The smallest absolute Gasteiger partial charge is 0.223 e. The lowest BCUT2D eigenvalue weighted by molar-refractivity contribution is -0.133. The van der Waals surface area contributed by atoms with Gasteiger partial charge in [0.1, 0.15) is 0 Å². The molecule has 1 fully saturated rings. The number of halogens is 1. The molecule has 0 aromatic heterocycles. The first-order valence-electron chi connectivity index (χ1n) is 6.96. The van der Waals surface area contributed by atoms with E-state index in [1.165, 1.54) is 0 Å². The van der Waals surface area contributed by atoms with Gasteiger partial charge in [0.05, 0.1) is 6.04 Å². The van der Waals surface area contributed by atoms with Crippen LogP contribution in [0, 0.1) is 0 Å². The van der Waals surface area contributed by atoms with Gasteiger partial charge in [0.25, 0.3) is 0 Å². The molecule has 2 bridgehead atoms. The highest BCUT2D eigenvalue weighted by Gasteiger charge is 2.36. The third-order valence-corrected chi connectivity index (χ3v) is 4.35. The van der Waals surface area contributed by atoms with Gasteiger partial charge in [-0.2, -0.15) is 0 Å². The van der Waals surface area contributed by atoms with Crippen LogP contribution in [0.15, 0.2) is 36.4 Å². The first-order valence-corrected chi connectivity index (χ1v) is 7.34. The van der Waals surface area contributed by atoms with Gasteiger partial charge in [0.2, 0.25) is 5.91 Å². The van der Waals surface area contributed by atoms with Crippen LogP contribution in [0.25, 0.3) is 0 Å². The minimum atomic E-state index is 0.289. The zero-order valence-electron chi connectivity index (χ0n) is 10.9. The van der Waals surface area contributed by atoms with E-state index in [0.717, 1.165) is 36.3 Å². The second kappa shape index (κ2) is 5.38. The van der Waals surface area contributed by atoms with Crippen LogP contribution in [-0.4, -0.2) is 22.9 Å². The third kappa shape index (κ3) is 2.69. The van der Waals surface area contributed by atoms with Crippen molar-refractivity contribution in [2.24, 2.45) is 0 Å². The Morgan fingerprint density at radius 3 is 3.05 bits per heavy atom. The molecular formula is C16H18ClNO. The van der Waals surface area contributed by atoms with Gasteiger partial charge in [0.15, 0.2) is 0 Å². The molecule has 0 spiro atoms. The molecule has 100 valence electrons. The van der Waals surface area contributed by atoms with Gasteiger partial charge in [-0.15, -0.1) is 0 Å². The first-order chi connectivity index (χ1) is 9.24. The molecule has 3 rings (SSSR count). The number of fused-ring (bicyclic) bond motifs is 2. The van der Waals surface area contributed by atoms with E-state index in [1.54, 1.807) is 0 Å². The quantitative estimate of drug-likeness (QED) is 0.772. The molecule has 2 aliphatic heterocycles. The van der Waals surface area contributed by atoms with E-state index in [2.05, 4.69) is 17.1 Å². The average Bonchev–Trinajstić information content (AvgIpc) is 2.66. The van der Waals surface area contributed by atoms with Gasteiger partial charge in [-0.3, -0.25) is 4.79 Å². The van der Waals surface area contributed by atoms with Crippen molar-refractivity contribution in [1.29, 1.82) is 0 Å². The monoisotopic (exact) mass is 275 g/mol. The number of nitrogens with zero attached hydrogens (tertiary/aromatic N) is 1. The predicted molar refractivity (Wildman–Crippen MR) is 77.2 cm³/mol. The molecule has 2 nitrogen and oxygen atoms in total. The Morgan fingerprint density at radius 2 is 2.26 bits per heavy atom. The molecular weight excluding hydrogens is 258 g/mol. The fraction of sp³-hybridized carbons (Fsp3) is 0.438. The summed E-state index contributed by atoms with van der Waals surface area (Å²) >= 11 is 5.96. The van der Waals surface area contributed by atoms with Crippen LogP contribution in [0.2, 0.25) is 5.02 Å². The van der Waals surface area contributed by atoms with Gasteiger partial charge >= 0.3 is 0 Å². The molecule has 1 saturated heterocycles. The van der Waals surface area contributed by atoms with Crippen molar-refractivity contribution in [2.45, 2.75) is 44.2 Å². The summed E-state index contributed by atoms with van der Waals surface area (Å²) in [6.45, 7) is 0. The number of carbonyl (C=O) groups excluding carboxylic acids is 1. The van der Waals surface area contributed by atoms with Gasteiger partial charge in [-0.1, -0.05) is 35.9 Å². The molecule has 1 aromatic carbocycles. The fourth-order valence-corrected chi connectivity index (χ4v) is 3.40. The Labute approximate surface area is 119 Å². The molecule has 0 radical (unpaired) electrons. The van der Waals surface area contributed by atoms with E-state index in [4.69, 9.17) is 11.6 Å². The summed E-state index contributed by atoms with van der Waals surface area (Å²) in [6, 6.07) is 8.58. The molecule has 19 heavy (non-hydrogen) atoms. The molecule has 2 aliphatic rings. The van der Waals surface area contributed by atoms with Crippen molar-refractivity contribution in [3.8, 4) is 0 Å². The molecule has 1 aromatic rings. The SMILES string of the molecule is O=C(CCc1cccc(Cl)c1)N1[C@H]2CC=C[C@H]1CC2. The van der Waals surface area contributed by atoms with E-state index >= 15 is 0 Å². The summed E-state index contributed by atoms with van der Waals surface area (Å²) in [6.07, 6.45) is 9.09. The lowest BCUT2D eigenvalue weighted by Gasteiger charge is -2.31. The summed E-state index contributed by atoms with van der Waals surface area (Å²) in [5, 5.41) is 0.742.